The van der Waals surface area contributed by atoms with Gasteiger partial charge in [-0.1, -0.05) is 45.7 Å². The molecule has 2 fully saturated rings. The number of hydrogen-bond donors (Lipinski definition) is 2. The Balaban J connectivity index is 0.000000193. The molecule has 2 saturated heterocycles. The van der Waals surface area contributed by atoms with Crippen LogP contribution in [0.15, 0.2) is 90.2 Å². The van der Waals surface area contributed by atoms with Gasteiger partial charge in [-0.15, -0.1) is 0 Å². The van der Waals surface area contributed by atoms with E-state index in [1.807, 2.05) is 138 Å². The number of amides is 4. The minimum Gasteiger partial charge on any atom is -0.444 e. The van der Waals surface area contributed by atoms with Gasteiger partial charge < -0.3 is 49.2 Å². The molecule has 2 unspecified atom stereocenters. The van der Waals surface area contributed by atoms with Gasteiger partial charge in [0.25, 0.3) is 0 Å². The number of carbonyl (C=O) groups excluding carboxylic acids is 4. The van der Waals surface area contributed by atoms with Gasteiger partial charge in [-0.05, 0) is 149 Å². The van der Waals surface area contributed by atoms with Crippen LogP contribution in [-0.2, 0) is 55.5 Å². The molecule has 8 heterocycles. The molecule has 2 atom stereocenters. The van der Waals surface area contributed by atoms with Crippen LogP contribution in [0.1, 0.15) is 130 Å². The Bertz CT molecular complexity index is 3390. The molecule has 2 aromatic carbocycles. The molecule has 0 bridgehead atoms. The van der Waals surface area contributed by atoms with Crippen LogP contribution >= 0.6 is 27.5 Å². The maximum Gasteiger partial charge on any atom is 0.410 e. The normalized spacial score (nSPS) is 17.3. The fourth-order valence-electron chi connectivity index (χ4n) is 10.6. The van der Waals surface area contributed by atoms with Crippen LogP contribution in [0.3, 0.4) is 0 Å². The molecule has 10 rings (SSSR count). The van der Waals surface area contributed by atoms with Gasteiger partial charge in [-0.25, -0.2) is 29.5 Å². The van der Waals surface area contributed by atoms with E-state index >= 15 is 0 Å². The first-order valence-corrected chi connectivity index (χ1v) is 31.1. The number of halogens is 2. The fraction of sp³-hybridized carbons (Fsp3) is 0.531. The number of hydrogen-bond acceptors (Lipinski definition) is 16. The van der Waals surface area contributed by atoms with E-state index in [1.165, 1.54) is 5.56 Å². The number of benzene rings is 2. The summed E-state index contributed by atoms with van der Waals surface area (Å²) in [6, 6.07) is 15.9. The number of likely N-dealkylation sites (tertiary alicyclic amines) is 2. The molecule has 22 nitrogen and oxygen atoms in total. The average molecular weight is 1290 g/mol. The van der Waals surface area contributed by atoms with Gasteiger partial charge in [0.05, 0.1) is 52.9 Å². The van der Waals surface area contributed by atoms with Crippen molar-refractivity contribution in [1.29, 1.82) is 0 Å². The average Bonchev–Trinajstić information content (AvgIpc) is 4.15. The number of aryl methyl sites for hydroxylation is 2. The Labute approximate surface area is 530 Å². The minimum absolute atomic E-state index is 0.0524. The van der Waals surface area contributed by atoms with Crippen molar-refractivity contribution in [2.75, 3.05) is 63.0 Å². The number of rotatable bonds is 11. The van der Waals surface area contributed by atoms with E-state index in [0.717, 1.165) is 50.2 Å². The van der Waals surface area contributed by atoms with Crippen molar-refractivity contribution in [1.82, 2.24) is 59.1 Å². The highest BCUT2D eigenvalue weighted by Gasteiger charge is 2.39. The number of carbonyl (C=O) groups is 4. The lowest BCUT2D eigenvalue weighted by atomic mass is 9.89. The summed E-state index contributed by atoms with van der Waals surface area (Å²) in [7, 11) is 3.69. The van der Waals surface area contributed by atoms with E-state index in [0.29, 0.717) is 88.7 Å². The third-order valence-electron chi connectivity index (χ3n) is 14.4. The molecule has 474 valence electrons. The maximum atomic E-state index is 13.4. The topological polar surface area (TPSA) is 229 Å². The Kier molecular flexibility index (Phi) is 21.3. The largest absolute Gasteiger partial charge is 0.444 e. The summed E-state index contributed by atoms with van der Waals surface area (Å²) in [6.45, 7) is 27.8. The zero-order chi connectivity index (χ0) is 63.9. The smallest absolute Gasteiger partial charge is 0.410 e. The molecule has 4 amide bonds. The molecule has 4 aliphatic heterocycles. The molecule has 0 aliphatic carbocycles. The summed E-state index contributed by atoms with van der Waals surface area (Å²) in [6.07, 6.45) is 11.9. The lowest BCUT2D eigenvalue weighted by molar-refractivity contribution is -0.158. The van der Waals surface area contributed by atoms with Crippen LogP contribution in [0.25, 0.3) is 11.3 Å². The monoisotopic (exact) mass is 1290 g/mol. The number of aromatic nitrogens is 8. The van der Waals surface area contributed by atoms with Crippen LogP contribution < -0.4 is 10.6 Å². The lowest BCUT2D eigenvalue weighted by Gasteiger charge is -2.42. The number of fused-ring (bicyclic) bond motifs is 2. The second-order valence-electron chi connectivity index (χ2n) is 26.7. The number of anilines is 4. The SMILES string of the molecule is CC(C)(C)OC(=O)N1CCc2cc(Br)ccc2C(CC(=O)N2CC(OC(C)(C)C)C2)C1.Cn1cc(Nc2nccc(-c3ccc4c(c3)CCN(C(=O)OC(C)(C)C)CC4CC(=O)N3CC(OC(C)(C)C)C3)n2)cn1.Cn1cc(Nc2nccc(Cl)n2)cn1. The predicted octanol–water partition coefficient (Wildman–Crippen LogP) is 11.3. The van der Waals surface area contributed by atoms with Crippen LogP contribution in [0.2, 0.25) is 5.15 Å². The Morgan fingerprint density at radius 3 is 1.44 bits per heavy atom. The highest BCUT2D eigenvalue weighted by Crippen LogP contribution is 2.36. The standard InChI is InChI=1S/C32H43N7O4.C24H35BrN2O4.C8H8ClN5/c1-31(2,3)42-25-19-39(20-25)28(40)15-23-17-38(30(41)43-32(4,5)6)13-11-21-14-22(8-9-26(21)23)27-10-12-33-29(36-27)35-24-16-34-37(7)18-24;1-23(2,3)30-19-14-27(15-19)21(28)12-17-13-26(22(29)31-24(4,5)6)10-9-16-11-18(25)7-8-20(16)17;1-14-5-6(4-11-14)12-8-10-3-2-7(9)13-8/h8-10,12,14,16,18,23,25H,11,13,15,17,19-20H2,1-7H3,(H,33,35,36);7-8,11,17,19H,9-10,12-15H2,1-6H3;2-5H,1H3,(H,10,12,13). The maximum absolute atomic E-state index is 13.4. The number of ether oxygens (including phenoxy) is 4. The van der Waals surface area contributed by atoms with E-state index in [2.05, 4.69) is 76.0 Å². The summed E-state index contributed by atoms with van der Waals surface area (Å²) in [5.41, 5.74) is 6.23. The molecule has 4 aromatic heterocycles. The van der Waals surface area contributed by atoms with E-state index in [4.69, 9.17) is 35.5 Å². The first kappa shape index (κ1) is 66.7. The van der Waals surface area contributed by atoms with E-state index in [-0.39, 0.29) is 59.2 Å². The Hall–Kier alpha value is -7.21. The molecular formula is C64H86BrClN14O8. The molecule has 0 spiro atoms. The molecule has 24 heteroatoms. The first-order valence-electron chi connectivity index (χ1n) is 29.9. The predicted molar refractivity (Wildman–Crippen MR) is 342 cm³/mol. The third kappa shape index (κ3) is 19.9. The van der Waals surface area contributed by atoms with Crippen LogP contribution in [0.5, 0.6) is 0 Å². The van der Waals surface area contributed by atoms with Gasteiger partial charge >= 0.3 is 12.2 Å². The van der Waals surface area contributed by atoms with Crippen molar-refractivity contribution in [3.63, 3.8) is 0 Å². The van der Waals surface area contributed by atoms with Crippen molar-refractivity contribution >= 4 is 74.8 Å². The van der Waals surface area contributed by atoms with Gasteiger partial charge in [-0.3, -0.25) is 19.0 Å². The Morgan fingerprint density at radius 1 is 0.568 bits per heavy atom. The second-order valence-corrected chi connectivity index (χ2v) is 28.0. The van der Waals surface area contributed by atoms with Crippen LogP contribution in [0, 0.1) is 0 Å². The molecule has 0 radical (unpaired) electrons. The van der Waals surface area contributed by atoms with Crippen molar-refractivity contribution in [3.8, 4) is 11.3 Å². The van der Waals surface area contributed by atoms with E-state index < -0.39 is 11.2 Å². The highest BCUT2D eigenvalue weighted by atomic mass is 79.9. The summed E-state index contributed by atoms with van der Waals surface area (Å²) in [5.74, 6) is 0.893. The lowest BCUT2D eigenvalue weighted by Crippen LogP contribution is -2.56. The molecular weight excluding hydrogens is 1210 g/mol. The van der Waals surface area contributed by atoms with Crippen LogP contribution in [0.4, 0.5) is 32.9 Å². The Morgan fingerprint density at radius 2 is 1.01 bits per heavy atom. The first-order chi connectivity index (χ1) is 41.3. The van der Waals surface area contributed by atoms with Crippen molar-refractivity contribution in [2.45, 2.75) is 155 Å². The van der Waals surface area contributed by atoms with Gasteiger partial charge in [-0.2, -0.15) is 10.2 Å². The van der Waals surface area contributed by atoms with Gasteiger partial charge in [0.2, 0.25) is 23.7 Å². The molecule has 88 heavy (non-hydrogen) atoms. The molecule has 4 aliphatic rings. The molecule has 2 N–H and O–H groups in total. The summed E-state index contributed by atoms with van der Waals surface area (Å²) >= 11 is 9.25. The quantitative estimate of drug-likeness (QED) is 0.115. The summed E-state index contributed by atoms with van der Waals surface area (Å²) < 4.78 is 27.7. The van der Waals surface area contributed by atoms with Crippen molar-refractivity contribution < 1.29 is 38.1 Å². The second kappa shape index (κ2) is 28.1. The fourth-order valence-corrected chi connectivity index (χ4v) is 11.2. The zero-order valence-electron chi connectivity index (χ0n) is 53.3. The number of nitrogens with zero attached hydrogens (tertiary/aromatic N) is 12. The van der Waals surface area contributed by atoms with Gasteiger partial charge in [0.15, 0.2) is 0 Å². The minimum atomic E-state index is -0.608. The van der Waals surface area contributed by atoms with Gasteiger partial charge in [0.1, 0.15) is 16.4 Å². The zero-order valence-corrected chi connectivity index (χ0v) is 55.6. The van der Waals surface area contributed by atoms with Gasteiger partial charge in [0, 0.05) is 126 Å². The highest BCUT2D eigenvalue weighted by molar-refractivity contribution is 9.10. The van der Waals surface area contributed by atoms with Crippen molar-refractivity contribution in [3.05, 3.63) is 118 Å². The summed E-state index contributed by atoms with van der Waals surface area (Å²) in [4.78, 5) is 76.7. The third-order valence-corrected chi connectivity index (χ3v) is 15.1. The number of nitrogens with one attached hydrogen (secondary N) is 2. The molecule has 6 aromatic rings. The molecule has 0 saturated carbocycles. The van der Waals surface area contributed by atoms with Crippen molar-refractivity contribution in [2.24, 2.45) is 14.1 Å². The van der Waals surface area contributed by atoms with E-state index in [1.54, 1.807) is 50.0 Å². The summed E-state index contributed by atoms with van der Waals surface area (Å²) in [5, 5.41) is 14.8. The van der Waals surface area contributed by atoms with Crippen LogP contribution in [-0.4, -0.2) is 170 Å². The van der Waals surface area contributed by atoms with E-state index in [9.17, 15) is 19.2 Å².